The van der Waals surface area contributed by atoms with Crippen molar-refractivity contribution in [3.8, 4) is 11.5 Å². The molecule has 0 spiro atoms. The number of benzene rings is 2. The van der Waals surface area contributed by atoms with Crippen LogP contribution in [0.15, 0.2) is 54.9 Å². The summed E-state index contributed by atoms with van der Waals surface area (Å²) in [4.78, 5) is 20.5. The third-order valence-electron chi connectivity index (χ3n) is 3.47. The van der Waals surface area contributed by atoms with Gasteiger partial charge in [-0.15, -0.1) is 0 Å². The first kappa shape index (κ1) is 15.7. The van der Waals surface area contributed by atoms with Crippen LogP contribution in [0.25, 0.3) is 10.9 Å². The lowest BCUT2D eigenvalue weighted by molar-refractivity contribution is 0.0943. The number of para-hydroxylation sites is 1. The van der Waals surface area contributed by atoms with Crippen LogP contribution in [0.1, 0.15) is 10.5 Å². The molecule has 0 aliphatic heterocycles. The first-order valence-corrected chi connectivity index (χ1v) is 7.53. The molecule has 1 N–H and O–H groups in total. The van der Waals surface area contributed by atoms with E-state index in [9.17, 15) is 4.79 Å². The number of nitrogens with one attached hydrogen (secondary N) is 1. The fraction of sp³-hybridized carbons (Fsp3) is 0.167. The molecule has 2 aromatic carbocycles. The predicted octanol–water partition coefficient (Wildman–Crippen LogP) is 2.45. The maximum Gasteiger partial charge on any atom is 0.270 e. The summed E-state index contributed by atoms with van der Waals surface area (Å²) in [7, 11) is 1.61. The highest BCUT2D eigenvalue weighted by Crippen LogP contribution is 2.17. The zero-order chi connectivity index (χ0) is 16.8. The summed E-state index contributed by atoms with van der Waals surface area (Å²) < 4.78 is 10.7. The molecule has 122 valence electrons. The van der Waals surface area contributed by atoms with E-state index in [2.05, 4.69) is 15.3 Å². The Bertz CT molecular complexity index is 829. The first-order chi connectivity index (χ1) is 11.8. The lowest BCUT2D eigenvalue weighted by Gasteiger charge is -2.09. The fourth-order valence-electron chi connectivity index (χ4n) is 2.27. The van der Waals surface area contributed by atoms with Crippen molar-refractivity contribution < 1.29 is 14.3 Å². The number of nitrogens with zero attached hydrogens (tertiary/aromatic N) is 2. The molecule has 0 saturated heterocycles. The van der Waals surface area contributed by atoms with E-state index in [1.165, 1.54) is 6.33 Å². The Morgan fingerprint density at radius 3 is 2.58 bits per heavy atom. The number of aromatic nitrogens is 2. The van der Waals surface area contributed by atoms with Gasteiger partial charge in [-0.1, -0.05) is 18.2 Å². The number of carbonyl (C=O) groups excluding carboxylic acids is 1. The Labute approximate surface area is 139 Å². The molecule has 0 saturated carbocycles. The van der Waals surface area contributed by atoms with Crippen molar-refractivity contribution in [1.29, 1.82) is 0 Å². The highest BCUT2D eigenvalue weighted by molar-refractivity contribution is 6.04. The molecule has 24 heavy (non-hydrogen) atoms. The lowest BCUT2D eigenvalue weighted by atomic mass is 10.2. The zero-order valence-electron chi connectivity index (χ0n) is 13.2. The second kappa shape index (κ2) is 7.41. The molecular formula is C18H17N3O3. The molecule has 0 bridgehead atoms. The summed E-state index contributed by atoms with van der Waals surface area (Å²) >= 11 is 0. The maximum atomic E-state index is 12.3. The van der Waals surface area contributed by atoms with Gasteiger partial charge in [0.2, 0.25) is 0 Å². The highest BCUT2D eigenvalue weighted by Gasteiger charge is 2.11. The summed E-state index contributed by atoms with van der Waals surface area (Å²) in [6.07, 6.45) is 1.39. The van der Waals surface area contributed by atoms with Gasteiger partial charge in [-0.3, -0.25) is 4.79 Å². The van der Waals surface area contributed by atoms with Gasteiger partial charge in [-0.2, -0.15) is 0 Å². The molecule has 3 rings (SSSR count). The number of carbonyl (C=O) groups is 1. The fourth-order valence-corrected chi connectivity index (χ4v) is 2.27. The Balaban J connectivity index is 1.55. The van der Waals surface area contributed by atoms with E-state index in [1.54, 1.807) is 7.11 Å². The standard InChI is InChI=1S/C18H17N3O3/c1-23-13-6-8-14(9-7-13)24-11-10-19-18(22)17-15-4-2-3-5-16(15)20-12-21-17/h2-9,12H,10-11H2,1H3,(H,19,22). The molecule has 0 fully saturated rings. The van der Waals surface area contributed by atoms with Crippen molar-refractivity contribution in [3.63, 3.8) is 0 Å². The van der Waals surface area contributed by atoms with E-state index >= 15 is 0 Å². The van der Waals surface area contributed by atoms with Gasteiger partial charge in [-0.25, -0.2) is 9.97 Å². The van der Waals surface area contributed by atoms with Crippen LogP contribution < -0.4 is 14.8 Å². The van der Waals surface area contributed by atoms with Gasteiger partial charge in [0.15, 0.2) is 0 Å². The van der Waals surface area contributed by atoms with E-state index in [0.717, 1.165) is 22.4 Å². The van der Waals surface area contributed by atoms with Gasteiger partial charge in [0.05, 0.1) is 19.2 Å². The molecule has 1 heterocycles. The van der Waals surface area contributed by atoms with E-state index in [0.29, 0.717) is 18.8 Å². The minimum atomic E-state index is -0.244. The van der Waals surface area contributed by atoms with Gasteiger partial charge >= 0.3 is 0 Å². The van der Waals surface area contributed by atoms with Gasteiger partial charge in [0.25, 0.3) is 5.91 Å². The smallest absolute Gasteiger partial charge is 0.270 e. The van der Waals surface area contributed by atoms with Crippen LogP contribution in [-0.4, -0.2) is 36.1 Å². The van der Waals surface area contributed by atoms with Gasteiger partial charge in [0.1, 0.15) is 30.1 Å². The Hall–Kier alpha value is -3.15. The van der Waals surface area contributed by atoms with Crippen molar-refractivity contribution in [1.82, 2.24) is 15.3 Å². The summed E-state index contributed by atoms with van der Waals surface area (Å²) in [5.41, 5.74) is 1.11. The van der Waals surface area contributed by atoms with Crippen LogP contribution in [-0.2, 0) is 0 Å². The number of rotatable bonds is 6. The Kier molecular flexibility index (Phi) is 4.86. The predicted molar refractivity (Wildman–Crippen MR) is 90.4 cm³/mol. The molecule has 3 aromatic rings. The molecule has 6 nitrogen and oxygen atoms in total. The van der Waals surface area contributed by atoms with Gasteiger partial charge < -0.3 is 14.8 Å². The monoisotopic (exact) mass is 323 g/mol. The van der Waals surface area contributed by atoms with E-state index < -0.39 is 0 Å². The summed E-state index contributed by atoms with van der Waals surface area (Å²) in [5, 5.41) is 3.54. The van der Waals surface area contributed by atoms with Crippen molar-refractivity contribution in [3.05, 3.63) is 60.6 Å². The SMILES string of the molecule is COc1ccc(OCCNC(=O)c2ncnc3ccccc23)cc1. The van der Waals surface area contributed by atoms with Crippen LogP contribution >= 0.6 is 0 Å². The van der Waals surface area contributed by atoms with Crippen molar-refractivity contribution in [2.45, 2.75) is 0 Å². The second-order valence-electron chi connectivity index (χ2n) is 5.02. The van der Waals surface area contributed by atoms with Crippen molar-refractivity contribution in [2.24, 2.45) is 0 Å². The van der Waals surface area contributed by atoms with Crippen LogP contribution in [0.3, 0.4) is 0 Å². The highest BCUT2D eigenvalue weighted by atomic mass is 16.5. The minimum absolute atomic E-state index is 0.244. The van der Waals surface area contributed by atoms with Crippen LogP contribution in [0.2, 0.25) is 0 Å². The third kappa shape index (κ3) is 3.60. The largest absolute Gasteiger partial charge is 0.497 e. The number of hydrogen-bond acceptors (Lipinski definition) is 5. The molecule has 0 atom stereocenters. The quantitative estimate of drug-likeness (QED) is 0.705. The van der Waals surface area contributed by atoms with Crippen LogP contribution in [0.5, 0.6) is 11.5 Å². The zero-order valence-corrected chi connectivity index (χ0v) is 13.2. The number of methoxy groups -OCH3 is 1. The van der Waals surface area contributed by atoms with Crippen molar-refractivity contribution >= 4 is 16.8 Å². The number of fused-ring (bicyclic) bond motifs is 1. The number of amides is 1. The van der Waals surface area contributed by atoms with Crippen molar-refractivity contribution in [2.75, 3.05) is 20.3 Å². The molecule has 0 aliphatic rings. The topological polar surface area (TPSA) is 73.3 Å². The van der Waals surface area contributed by atoms with Crippen LogP contribution in [0.4, 0.5) is 0 Å². The molecule has 0 radical (unpaired) electrons. The summed E-state index contributed by atoms with van der Waals surface area (Å²) in [5.74, 6) is 1.25. The van der Waals surface area contributed by atoms with Crippen LogP contribution in [0, 0.1) is 0 Å². The van der Waals surface area contributed by atoms with E-state index in [1.807, 2.05) is 48.5 Å². The molecular weight excluding hydrogens is 306 g/mol. The second-order valence-corrected chi connectivity index (χ2v) is 5.02. The number of ether oxygens (including phenoxy) is 2. The summed E-state index contributed by atoms with van der Waals surface area (Å²) in [6.45, 7) is 0.740. The summed E-state index contributed by atoms with van der Waals surface area (Å²) in [6, 6.07) is 14.7. The molecule has 0 aliphatic carbocycles. The normalized spacial score (nSPS) is 10.4. The average Bonchev–Trinajstić information content (AvgIpc) is 2.65. The third-order valence-corrected chi connectivity index (χ3v) is 3.47. The Morgan fingerprint density at radius 2 is 1.79 bits per heavy atom. The van der Waals surface area contributed by atoms with E-state index in [4.69, 9.17) is 9.47 Å². The van der Waals surface area contributed by atoms with Gasteiger partial charge in [0, 0.05) is 5.39 Å². The molecule has 0 unspecified atom stereocenters. The van der Waals surface area contributed by atoms with E-state index in [-0.39, 0.29) is 5.91 Å². The minimum Gasteiger partial charge on any atom is -0.497 e. The maximum absolute atomic E-state index is 12.3. The first-order valence-electron chi connectivity index (χ1n) is 7.53. The van der Waals surface area contributed by atoms with Gasteiger partial charge in [-0.05, 0) is 30.3 Å². The lowest BCUT2D eigenvalue weighted by Crippen LogP contribution is -2.29. The molecule has 1 aromatic heterocycles. The average molecular weight is 323 g/mol. The Morgan fingerprint density at radius 1 is 1.04 bits per heavy atom. The molecule has 1 amide bonds. The number of hydrogen-bond donors (Lipinski definition) is 1. The molecule has 6 heteroatoms.